The van der Waals surface area contributed by atoms with Gasteiger partial charge in [0.15, 0.2) is 0 Å². The van der Waals surface area contributed by atoms with Gasteiger partial charge in [-0.1, -0.05) is 220 Å². The van der Waals surface area contributed by atoms with E-state index in [1.54, 1.807) is 0 Å². The van der Waals surface area contributed by atoms with E-state index in [1.165, 1.54) is 117 Å². The molecule has 0 aromatic heterocycles. The maximum Gasteiger partial charge on any atom is 0.0755 e. The molecule has 0 unspecified atom stereocenters. The second-order valence-corrected chi connectivity index (χ2v) is 21.0. The largest absolute Gasteiger partial charge is 0.310 e. The highest BCUT2D eigenvalue weighted by Crippen LogP contribution is 2.68. The van der Waals surface area contributed by atoms with Crippen LogP contribution in [0.15, 0.2) is 255 Å². The molecule has 4 aliphatic carbocycles. The predicted octanol–water partition coefficient (Wildman–Crippen LogP) is 18.0. The minimum atomic E-state index is -0.611. The summed E-state index contributed by atoms with van der Waals surface area (Å²) in [6.07, 6.45) is 0. The second-order valence-electron chi connectivity index (χ2n) is 21.0. The molecule has 2 spiro atoms. The van der Waals surface area contributed by atoms with E-state index in [1.807, 2.05) is 0 Å². The molecule has 0 N–H and O–H groups in total. The highest BCUT2D eigenvalue weighted by Gasteiger charge is 2.55. The Kier molecular flexibility index (Phi) is 8.12. The normalized spacial score (nSPS) is 15.3. The standard InChI is InChI=1S/C71H48N2/c1-69(2)53-29-11-6-24-47(53)50-43-42-46(44-62(50)69)73(65-40-20-36-60-67(65)51-27-9-14-32-56(51)70(60)54-30-12-7-25-48(54)49-26-8-13-31-55(49)70)66-41-21-37-61-68(66)52-28-10-15-33-57(52)71(61)58-34-16-18-38-63(58)72(45-22-4-3-5-23-45)64-39-19-17-35-59(64)71/h3-44H,1-2H3. The van der Waals surface area contributed by atoms with Crippen molar-refractivity contribution in [1.82, 2.24) is 0 Å². The van der Waals surface area contributed by atoms with Gasteiger partial charge in [-0.05, 0) is 138 Å². The average molecular weight is 929 g/mol. The van der Waals surface area contributed by atoms with E-state index in [-0.39, 0.29) is 5.41 Å². The fourth-order valence-corrected chi connectivity index (χ4v) is 14.7. The van der Waals surface area contributed by atoms with Crippen LogP contribution in [0.4, 0.5) is 34.1 Å². The fraction of sp³-hybridized carbons (Fsp3) is 0.0704. The topological polar surface area (TPSA) is 6.48 Å². The van der Waals surface area contributed by atoms with Crippen LogP contribution in [-0.2, 0) is 16.2 Å². The maximum absolute atomic E-state index is 2.65. The van der Waals surface area contributed by atoms with Crippen LogP contribution < -0.4 is 9.80 Å². The number of hydrogen-bond donors (Lipinski definition) is 0. The summed E-state index contributed by atoms with van der Waals surface area (Å²) in [6.45, 7) is 4.80. The van der Waals surface area contributed by atoms with Gasteiger partial charge in [0, 0.05) is 27.9 Å². The van der Waals surface area contributed by atoms with Crippen LogP contribution in [0, 0.1) is 0 Å². The minimum Gasteiger partial charge on any atom is -0.310 e. The Balaban J connectivity index is 1.02. The Bertz CT molecular complexity index is 4060. The zero-order chi connectivity index (χ0) is 48.2. The Labute approximate surface area is 426 Å². The molecule has 0 amide bonds. The number of fused-ring (bicyclic) bond motifs is 22. The maximum atomic E-state index is 2.65. The lowest BCUT2D eigenvalue weighted by atomic mass is 9.64. The van der Waals surface area contributed by atoms with E-state index in [2.05, 4.69) is 278 Å². The summed E-state index contributed by atoms with van der Waals surface area (Å²) >= 11 is 0. The van der Waals surface area contributed by atoms with Gasteiger partial charge in [0.05, 0.1) is 33.6 Å². The molecule has 342 valence electrons. The molecule has 11 aromatic carbocycles. The molecule has 0 radical (unpaired) electrons. The molecule has 2 heteroatoms. The van der Waals surface area contributed by atoms with Crippen molar-refractivity contribution in [1.29, 1.82) is 0 Å². The molecule has 16 rings (SSSR count). The third-order valence-electron chi connectivity index (χ3n) is 17.5. The van der Waals surface area contributed by atoms with Crippen molar-refractivity contribution in [3.8, 4) is 44.5 Å². The molecule has 0 bridgehead atoms. The lowest BCUT2D eigenvalue weighted by molar-refractivity contribution is 0.660. The van der Waals surface area contributed by atoms with Crippen LogP contribution in [-0.4, -0.2) is 0 Å². The molecule has 0 fully saturated rings. The van der Waals surface area contributed by atoms with Crippen molar-refractivity contribution < 1.29 is 0 Å². The van der Waals surface area contributed by atoms with Crippen LogP contribution in [0.2, 0.25) is 0 Å². The first-order chi connectivity index (χ1) is 36.0. The van der Waals surface area contributed by atoms with Crippen LogP contribution in [0.5, 0.6) is 0 Å². The van der Waals surface area contributed by atoms with Crippen LogP contribution in [0.3, 0.4) is 0 Å². The Morgan fingerprint density at radius 3 is 1.18 bits per heavy atom. The quantitative estimate of drug-likeness (QED) is 0.174. The molecular weight excluding hydrogens is 881 g/mol. The molecular formula is C71H48N2. The zero-order valence-electron chi connectivity index (χ0n) is 40.6. The smallest absolute Gasteiger partial charge is 0.0755 e. The van der Waals surface area contributed by atoms with Gasteiger partial charge in [-0.25, -0.2) is 0 Å². The molecule has 5 aliphatic rings. The van der Waals surface area contributed by atoms with Gasteiger partial charge < -0.3 is 9.80 Å². The molecule has 0 saturated carbocycles. The molecule has 1 heterocycles. The summed E-state index contributed by atoms with van der Waals surface area (Å²) in [4.78, 5) is 5.11. The van der Waals surface area contributed by atoms with E-state index in [9.17, 15) is 0 Å². The number of rotatable bonds is 4. The molecule has 73 heavy (non-hydrogen) atoms. The van der Waals surface area contributed by atoms with E-state index >= 15 is 0 Å². The van der Waals surface area contributed by atoms with E-state index in [0.717, 1.165) is 17.1 Å². The number of anilines is 6. The molecule has 1 aliphatic heterocycles. The lowest BCUT2D eigenvalue weighted by Crippen LogP contribution is -2.36. The van der Waals surface area contributed by atoms with Crippen LogP contribution >= 0.6 is 0 Å². The zero-order valence-corrected chi connectivity index (χ0v) is 40.6. The third-order valence-corrected chi connectivity index (χ3v) is 17.5. The van der Waals surface area contributed by atoms with Crippen LogP contribution in [0.25, 0.3) is 44.5 Å². The molecule has 0 atom stereocenters. The summed E-state index contributed by atoms with van der Waals surface area (Å²) in [7, 11) is 0. The van der Waals surface area contributed by atoms with Gasteiger partial charge in [0.25, 0.3) is 0 Å². The first-order valence-electron chi connectivity index (χ1n) is 25.8. The summed E-state index contributed by atoms with van der Waals surface area (Å²) in [5.74, 6) is 0. The fourth-order valence-electron chi connectivity index (χ4n) is 14.7. The predicted molar refractivity (Wildman–Crippen MR) is 301 cm³/mol. The SMILES string of the molecule is CC1(C)c2ccccc2-c2ccc(N(c3cccc4c3-c3ccccc3C43c4ccccc4-c4ccccc43)c3cccc4c3-c3ccccc3C43c4ccccc4N(c4ccccc4)c4ccccc43)cc21. The Hall–Kier alpha value is -8.98. The monoisotopic (exact) mass is 928 g/mol. The Morgan fingerprint density at radius 2 is 0.658 bits per heavy atom. The van der Waals surface area contributed by atoms with E-state index in [4.69, 9.17) is 0 Å². The molecule has 2 nitrogen and oxygen atoms in total. The number of para-hydroxylation sites is 3. The first-order valence-corrected chi connectivity index (χ1v) is 25.8. The summed E-state index contributed by atoms with van der Waals surface area (Å²) in [5.41, 5.74) is 29.3. The third kappa shape index (κ3) is 4.98. The van der Waals surface area contributed by atoms with Crippen molar-refractivity contribution in [3.63, 3.8) is 0 Å². The van der Waals surface area contributed by atoms with Gasteiger partial charge in [-0.15, -0.1) is 0 Å². The van der Waals surface area contributed by atoms with Crippen molar-refractivity contribution in [2.45, 2.75) is 30.1 Å². The highest BCUT2D eigenvalue weighted by molar-refractivity contribution is 6.06. The van der Waals surface area contributed by atoms with Gasteiger partial charge in [0.1, 0.15) is 0 Å². The van der Waals surface area contributed by atoms with Crippen LogP contribution in [0.1, 0.15) is 69.5 Å². The van der Waals surface area contributed by atoms with Crippen molar-refractivity contribution in [2.75, 3.05) is 9.80 Å². The highest BCUT2D eigenvalue weighted by atomic mass is 15.2. The van der Waals surface area contributed by atoms with E-state index < -0.39 is 10.8 Å². The lowest BCUT2D eigenvalue weighted by Gasteiger charge is -2.45. The summed E-state index contributed by atoms with van der Waals surface area (Å²) < 4.78 is 0. The number of hydrogen-bond acceptors (Lipinski definition) is 2. The number of benzene rings is 11. The van der Waals surface area contributed by atoms with E-state index in [0.29, 0.717) is 0 Å². The molecule has 0 saturated heterocycles. The van der Waals surface area contributed by atoms with Gasteiger partial charge >= 0.3 is 0 Å². The summed E-state index contributed by atoms with van der Waals surface area (Å²) in [6, 6.07) is 96.6. The average Bonchev–Trinajstić information content (AvgIpc) is 4.11. The van der Waals surface area contributed by atoms with Crippen molar-refractivity contribution >= 4 is 34.1 Å². The Morgan fingerprint density at radius 1 is 0.288 bits per heavy atom. The van der Waals surface area contributed by atoms with Gasteiger partial charge in [-0.2, -0.15) is 0 Å². The van der Waals surface area contributed by atoms with Gasteiger partial charge in [-0.3, -0.25) is 0 Å². The number of nitrogens with zero attached hydrogens (tertiary/aromatic N) is 2. The van der Waals surface area contributed by atoms with Gasteiger partial charge in [0.2, 0.25) is 0 Å². The summed E-state index contributed by atoms with van der Waals surface area (Å²) in [5, 5.41) is 0. The second kappa shape index (κ2) is 14.6. The molecule has 11 aromatic rings. The minimum absolute atomic E-state index is 0.199. The van der Waals surface area contributed by atoms with Crippen molar-refractivity contribution in [3.05, 3.63) is 310 Å². The first kappa shape index (κ1) is 40.7. The van der Waals surface area contributed by atoms with Crippen molar-refractivity contribution in [2.24, 2.45) is 0 Å².